The van der Waals surface area contributed by atoms with E-state index in [2.05, 4.69) is 5.32 Å². The first kappa shape index (κ1) is 17.0. The molecule has 1 aliphatic rings. The molecule has 2 aromatic carbocycles. The van der Waals surface area contributed by atoms with Gasteiger partial charge in [-0.2, -0.15) is 0 Å². The summed E-state index contributed by atoms with van der Waals surface area (Å²) in [7, 11) is 0. The number of para-hydroxylation sites is 2. The number of amides is 2. The van der Waals surface area contributed by atoms with Crippen LogP contribution in [0.15, 0.2) is 48.5 Å². The van der Waals surface area contributed by atoms with Crippen LogP contribution in [0.5, 0.6) is 5.75 Å². The molecule has 0 aliphatic carbocycles. The summed E-state index contributed by atoms with van der Waals surface area (Å²) in [5, 5.41) is 2.80. The molecule has 3 rings (SSSR count). The Morgan fingerprint density at radius 1 is 1.20 bits per heavy atom. The molecule has 1 heterocycles. The van der Waals surface area contributed by atoms with Gasteiger partial charge in [-0.3, -0.25) is 9.59 Å². The number of hydrogen-bond donors (Lipinski definition) is 1. The Morgan fingerprint density at radius 3 is 2.88 bits per heavy atom. The Hall–Kier alpha value is -2.89. The minimum atomic E-state index is -0.303. The monoisotopic (exact) mass is 342 g/mol. The van der Waals surface area contributed by atoms with Crippen LogP contribution in [-0.2, 0) is 16.0 Å². The van der Waals surface area contributed by atoms with Crippen molar-refractivity contribution >= 4 is 17.5 Å². The van der Waals surface area contributed by atoms with E-state index in [4.69, 9.17) is 4.74 Å². The van der Waals surface area contributed by atoms with Crippen molar-refractivity contribution in [1.82, 2.24) is 5.32 Å². The first-order valence-corrected chi connectivity index (χ1v) is 8.17. The average molecular weight is 342 g/mol. The number of halogens is 1. The van der Waals surface area contributed by atoms with Gasteiger partial charge in [-0.15, -0.1) is 0 Å². The molecule has 2 aromatic rings. The van der Waals surface area contributed by atoms with Gasteiger partial charge in [0.25, 0.3) is 5.91 Å². The summed E-state index contributed by atoms with van der Waals surface area (Å²) in [6, 6.07) is 13.5. The summed E-state index contributed by atoms with van der Waals surface area (Å²) < 4.78 is 18.5. The topological polar surface area (TPSA) is 58.6 Å². The third kappa shape index (κ3) is 4.35. The van der Waals surface area contributed by atoms with Crippen LogP contribution < -0.4 is 15.0 Å². The van der Waals surface area contributed by atoms with Crippen LogP contribution in [0.2, 0.25) is 0 Å². The van der Waals surface area contributed by atoms with Crippen molar-refractivity contribution in [3.8, 4) is 5.75 Å². The third-order valence-corrected chi connectivity index (χ3v) is 4.00. The predicted molar refractivity (Wildman–Crippen MR) is 92.0 cm³/mol. The molecule has 0 saturated carbocycles. The van der Waals surface area contributed by atoms with Crippen molar-refractivity contribution in [2.45, 2.75) is 12.8 Å². The smallest absolute Gasteiger partial charge is 0.265 e. The summed E-state index contributed by atoms with van der Waals surface area (Å²) >= 11 is 0. The Kier molecular flexibility index (Phi) is 5.28. The summed E-state index contributed by atoms with van der Waals surface area (Å²) in [4.78, 5) is 25.6. The molecule has 0 fully saturated rings. The van der Waals surface area contributed by atoms with Gasteiger partial charge in [-0.05, 0) is 36.2 Å². The summed E-state index contributed by atoms with van der Waals surface area (Å²) in [5.41, 5.74) is 1.50. The van der Waals surface area contributed by atoms with E-state index in [-0.39, 0.29) is 30.7 Å². The fraction of sp³-hybridized carbons (Fsp3) is 0.263. The van der Waals surface area contributed by atoms with E-state index in [0.717, 1.165) is 5.56 Å². The summed E-state index contributed by atoms with van der Waals surface area (Å²) in [5.74, 6) is 0.105. The summed E-state index contributed by atoms with van der Waals surface area (Å²) in [6.45, 7) is 0.734. The lowest BCUT2D eigenvalue weighted by Gasteiger charge is -2.29. The molecule has 5 nitrogen and oxygen atoms in total. The van der Waals surface area contributed by atoms with Gasteiger partial charge in [0.15, 0.2) is 6.61 Å². The van der Waals surface area contributed by atoms with Gasteiger partial charge in [0.1, 0.15) is 11.6 Å². The van der Waals surface area contributed by atoms with Crippen LogP contribution in [0.4, 0.5) is 10.1 Å². The lowest BCUT2D eigenvalue weighted by Crippen LogP contribution is -2.43. The van der Waals surface area contributed by atoms with Crippen LogP contribution >= 0.6 is 0 Å². The average Bonchev–Trinajstić information content (AvgIpc) is 2.62. The fourth-order valence-corrected chi connectivity index (χ4v) is 2.74. The molecule has 6 heteroatoms. The summed E-state index contributed by atoms with van der Waals surface area (Å²) in [6.07, 6.45) is 0.750. The zero-order valence-electron chi connectivity index (χ0n) is 13.7. The fourth-order valence-electron chi connectivity index (χ4n) is 2.74. The first-order valence-electron chi connectivity index (χ1n) is 8.17. The van der Waals surface area contributed by atoms with Crippen LogP contribution in [0.3, 0.4) is 0 Å². The molecule has 2 amide bonds. The molecular formula is C19H19FN2O3. The number of carbonyl (C=O) groups excluding carboxylic acids is 2. The molecule has 0 spiro atoms. The van der Waals surface area contributed by atoms with Crippen molar-refractivity contribution in [3.63, 3.8) is 0 Å². The lowest BCUT2D eigenvalue weighted by atomic mass is 10.1. The van der Waals surface area contributed by atoms with Crippen molar-refractivity contribution in [1.29, 1.82) is 0 Å². The Bertz CT molecular complexity index is 779. The van der Waals surface area contributed by atoms with Crippen molar-refractivity contribution in [2.24, 2.45) is 0 Å². The molecular weight excluding hydrogens is 323 g/mol. The second-order valence-corrected chi connectivity index (χ2v) is 5.78. The van der Waals surface area contributed by atoms with Gasteiger partial charge in [0.05, 0.1) is 5.69 Å². The van der Waals surface area contributed by atoms with Crippen molar-refractivity contribution in [2.75, 3.05) is 24.6 Å². The normalized spacial score (nSPS) is 13.2. The van der Waals surface area contributed by atoms with Gasteiger partial charge < -0.3 is 15.0 Å². The molecule has 0 unspecified atom stereocenters. The molecule has 25 heavy (non-hydrogen) atoms. The Balaban J connectivity index is 1.48. The maximum Gasteiger partial charge on any atom is 0.265 e. The molecule has 1 N–H and O–H groups in total. The number of fused-ring (bicyclic) bond motifs is 1. The van der Waals surface area contributed by atoms with E-state index in [0.29, 0.717) is 30.9 Å². The molecule has 0 bridgehead atoms. The molecule has 1 aliphatic heterocycles. The molecule has 130 valence electrons. The standard InChI is InChI=1S/C19H19FN2O3/c20-15-5-3-4-14(12-15)8-9-18(23)21-10-11-22-16-6-1-2-7-17(16)25-13-19(22)24/h1-7,12H,8-11,13H2,(H,21,23). The maximum atomic E-state index is 13.1. The van der Waals surface area contributed by atoms with Gasteiger partial charge in [-0.25, -0.2) is 4.39 Å². The van der Waals surface area contributed by atoms with E-state index in [9.17, 15) is 14.0 Å². The molecule has 0 atom stereocenters. The van der Waals surface area contributed by atoms with Crippen LogP contribution in [-0.4, -0.2) is 31.5 Å². The van der Waals surface area contributed by atoms with E-state index in [1.807, 2.05) is 24.3 Å². The largest absolute Gasteiger partial charge is 0.482 e. The zero-order chi connectivity index (χ0) is 17.6. The second kappa shape index (κ2) is 7.79. The highest BCUT2D eigenvalue weighted by molar-refractivity contribution is 5.97. The predicted octanol–water partition coefficient (Wildman–Crippen LogP) is 2.30. The second-order valence-electron chi connectivity index (χ2n) is 5.78. The molecule has 0 radical (unpaired) electrons. The zero-order valence-corrected chi connectivity index (χ0v) is 13.7. The van der Waals surface area contributed by atoms with Crippen LogP contribution in [0, 0.1) is 5.82 Å². The molecule has 0 aromatic heterocycles. The maximum absolute atomic E-state index is 13.1. The van der Waals surface area contributed by atoms with Crippen LogP contribution in [0.25, 0.3) is 0 Å². The number of rotatable bonds is 6. The number of benzene rings is 2. The lowest BCUT2D eigenvalue weighted by molar-refractivity contribution is -0.122. The van der Waals surface area contributed by atoms with Crippen molar-refractivity contribution in [3.05, 3.63) is 59.9 Å². The van der Waals surface area contributed by atoms with Gasteiger partial charge >= 0.3 is 0 Å². The number of aryl methyl sites for hydroxylation is 1. The highest BCUT2D eigenvalue weighted by atomic mass is 19.1. The Morgan fingerprint density at radius 2 is 2.04 bits per heavy atom. The van der Waals surface area contributed by atoms with Gasteiger partial charge in [-0.1, -0.05) is 24.3 Å². The van der Waals surface area contributed by atoms with Gasteiger partial charge in [0, 0.05) is 19.5 Å². The number of carbonyl (C=O) groups is 2. The molecule has 0 saturated heterocycles. The van der Waals surface area contributed by atoms with Gasteiger partial charge in [0.2, 0.25) is 5.91 Å². The Labute approximate surface area is 145 Å². The number of hydrogen-bond acceptors (Lipinski definition) is 3. The number of ether oxygens (including phenoxy) is 1. The number of anilines is 1. The number of nitrogens with one attached hydrogen (secondary N) is 1. The first-order chi connectivity index (χ1) is 12.1. The minimum absolute atomic E-state index is 0.00450. The minimum Gasteiger partial charge on any atom is -0.482 e. The van der Waals surface area contributed by atoms with Crippen molar-refractivity contribution < 1.29 is 18.7 Å². The highest BCUT2D eigenvalue weighted by Crippen LogP contribution is 2.30. The van der Waals surface area contributed by atoms with E-state index in [1.165, 1.54) is 12.1 Å². The van der Waals surface area contributed by atoms with E-state index in [1.54, 1.807) is 17.0 Å². The van der Waals surface area contributed by atoms with E-state index >= 15 is 0 Å². The third-order valence-electron chi connectivity index (χ3n) is 4.00. The number of nitrogens with zero attached hydrogens (tertiary/aromatic N) is 1. The van der Waals surface area contributed by atoms with E-state index < -0.39 is 0 Å². The highest BCUT2D eigenvalue weighted by Gasteiger charge is 2.24. The van der Waals surface area contributed by atoms with Crippen LogP contribution in [0.1, 0.15) is 12.0 Å². The quantitative estimate of drug-likeness (QED) is 0.876. The SMILES string of the molecule is O=C(CCc1cccc(F)c1)NCCN1C(=O)COc2ccccc21.